The first kappa shape index (κ1) is 19.3. The molecule has 4 heteroatoms. The first-order chi connectivity index (χ1) is 16.9. The van der Waals surface area contributed by atoms with Crippen molar-refractivity contribution in [2.45, 2.75) is 0 Å². The van der Waals surface area contributed by atoms with Gasteiger partial charge in [0.15, 0.2) is 0 Å². The standard InChI is InChI=1S/C30H22B2N2/c1-3-11-21(12-4-1)31-27-19-26-24-16-8-10-18-30(24)34-32(22-13-5-2-6-14-22)28(26)20-25(27)23-15-7-9-17-29(23)33-31/h1-20,33-34H. The van der Waals surface area contributed by atoms with Crippen LogP contribution in [0.4, 0.5) is 11.4 Å². The van der Waals surface area contributed by atoms with Crippen molar-refractivity contribution < 1.29 is 0 Å². The molecule has 0 aromatic heterocycles. The van der Waals surface area contributed by atoms with Gasteiger partial charge in [-0.1, -0.05) is 120 Å². The number of hydrogen-bond acceptors (Lipinski definition) is 2. The van der Waals surface area contributed by atoms with Crippen LogP contribution in [0.5, 0.6) is 0 Å². The molecule has 0 radical (unpaired) electrons. The molecular weight excluding hydrogens is 410 g/mol. The summed E-state index contributed by atoms with van der Waals surface area (Å²) in [6, 6.07) is 43.7. The lowest BCUT2D eigenvalue weighted by atomic mass is 9.43. The second-order valence-corrected chi connectivity index (χ2v) is 9.09. The monoisotopic (exact) mass is 432 g/mol. The second-order valence-electron chi connectivity index (χ2n) is 9.09. The van der Waals surface area contributed by atoms with Crippen LogP contribution in [0.25, 0.3) is 22.3 Å². The molecule has 34 heavy (non-hydrogen) atoms. The number of para-hydroxylation sites is 2. The van der Waals surface area contributed by atoms with E-state index in [-0.39, 0.29) is 13.7 Å². The highest BCUT2D eigenvalue weighted by molar-refractivity contribution is 6.91. The van der Waals surface area contributed by atoms with Gasteiger partial charge in [0.05, 0.1) is 0 Å². The van der Waals surface area contributed by atoms with E-state index in [1.807, 2.05) is 0 Å². The van der Waals surface area contributed by atoms with Crippen LogP contribution in [0.2, 0.25) is 0 Å². The molecule has 0 unspecified atom stereocenters. The van der Waals surface area contributed by atoms with Crippen molar-refractivity contribution in [1.82, 2.24) is 0 Å². The summed E-state index contributed by atoms with van der Waals surface area (Å²) < 4.78 is 0. The maximum atomic E-state index is 3.83. The Balaban J connectivity index is 1.52. The summed E-state index contributed by atoms with van der Waals surface area (Å²) in [7, 11) is 0. The molecule has 2 aliphatic rings. The molecule has 2 heterocycles. The zero-order valence-corrected chi connectivity index (χ0v) is 18.7. The minimum atomic E-state index is 0.105. The first-order valence-electron chi connectivity index (χ1n) is 11.9. The van der Waals surface area contributed by atoms with Crippen LogP contribution in [0.15, 0.2) is 121 Å². The lowest BCUT2D eigenvalue weighted by molar-refractivity contribution is 1.55. The smallest absolute Gasteiger partial charge is 0.321 e. The van der Waals surface area contributed by atoms with E-state index in [0.717, 1.165) is 0 Å². The van der Waals surface area contributed by atoms with E-state index in [2.05, 4.69) is 132 Å². The van der Waals surface area contributed by atoms with Crippen molar-refractivity contribution in [2.24, 2.45) is 0 Å². The zero-order valence-electron chi connectivity index (χ0n) is 18.7. The van der Waals surface area contributed by atoms with Crippen LogP contribution in [0.1, 0.15) is 0 Å². The minimum Gasteiger partial charge on any atom is -0.420 e. The fraction of sp³-hybridized carbons (Fsp3) is 0. The van der Waals surface area contributed by atoms with E-state index < -0.39 is 0 Å². The Hall–Kier alpha value is -4.17. The summed E-state index contributed by atoms with van der Waals surface area (Å²) in [5.41, 5.74) is 12.7. The summed E-state index contributed by atoms with van der Waals surface area (Å²) >= 11 is 0. The summed E-state index contributed by atoms with van der Waals surface area (Å²) in [5, 5.41) is 7.66. The third kappa shape index (κ3) is 2.99. The van der Waals surface area contributed by atoms with Gasteiger partial charge in [0.2, 0.25) is 0 Å². The number of fused-ring (bicyclic) bond motifs is 6. The van der Waals surface area contributed by atoms with E-state index >= 15 is 0 Å². The molecule has 2 nitrogen and oxygen atoms in total. The highest BCUT2D eigenvalue weighted by atomic mass is 14.8. The average molecular weight is 432 g/mol. The third-order valence-corrected chi connectivity index (χ3v) is 7.14. The number of hydrogen-bond donors (Lipinski definition) is 2. The molecule has 2 aliphatic heterocycles. The molecule has 0 fully saturated rings. The second kappa shape index (κ2) is 7.71. The van der Waals surface area contributed by atoms with Gasteiger partial charge in [-0.2, -0.15) is 0 Å². The highest BCUT2D eigenvalue weighted by Crippen LogP contribution is 2.35. The molecule has 5 aromatic rings. The van der Waals surface area contributed by atoms with Gasteiger partial charge < -0.3 is 10.5 Å². The van der Waals surface area contributed by atoms with E-state index in [9.17, 15) is 0 Å². The van der Waals surface area contributed by atoms with Crippen LogP contribution in [0, 0.1) is 0 Å². The van der Waals surface area contributed by atoms with Crippen molar-refractivity contribution >= 4 is 46.9 Å². The first-order valence-corrected chi connectivity index (χ1v) is 11.9. The van der Waals surface area contributed by atoms with Crippen molar-refractivity contribution in [1.29, 1.82) is 0 Å². The lowest BCUT2D eigenvalue weighted by Crippen LogP contribution is -2.55. The molecule has 7 rings (SSSR count). The van der Waals surface area contributed by atoms with Gasteiger partial charge in [-0.3, -0.25) is 0 Å². The maximum Gasteiger partial charge on any atom is 0.321 e. The normalized spacial score (nSPS) is 13.1. The Bertz CT molecular complexity index is 1400. The molecule has 0 saturated heterocycles. The summed E-state index contributed by atoms with van der Waals surface area (Å²) in [5.74, 6) is 0. The summed E-state index contributed by atoms with van der Waals surface area (Å²) in [6.45, 7) is 0.210. The van der Waals surface area contributed by atoms with E-state index in [0.29, 0.717) is 0 Å². The van der Waals surface area contributed by atoms with E-state index in [1.54, 1.807) is 0 Å². The molecule has 5 aromatic carbocycles. The van der Waals surface area contributed by atoms with Crippen LogP contribution in [-0.2, 0) is 0 Å². The summed E-state index contributed by atoms with van der Waals surface area (Å²) in [6.07, 6.45) is 0. The van der Waals surface area contributed by atoms with Gasteiger partial charge in [0, 0.05) is 22.5 Å². The Morgan fingerprint density at radius 2 is 0.765 bits per heavy atom. The third-order valence-electron chi connectivity index (χ3n) is 7.14. The molecule has 0 saturated carbocycles. The summed E-state index contributed by atoms with van der Waals surface area (Å²) in [4.78, 5) is 0. The fourth-order valence-electron chi connectivity index (χ4n) is 5.55. The molecule has 0 bridgehead atoms. The molecule has 0 atom stereocenters. The van der Waals surface area contributed by atoms with Crippen LogP contribution >= 0.6 is 0 Å². The fourth-order valence-corrected chi connectivity index (χ4v) is 5.55. The van der Waals surface area contributed by atoms with Gasteiger partial charge in [0.1, 0.15) is 0 Å². The van der Waals surface area contributed by atoms with Crippen molar-refractivity contribution in [3.8, 4) is 22.3 Å². The zero-order chi connectivity index (χ0) is 22.5. The molecule has 0 aliphatic carbocycles. The van der Waals surface area contributed by atoms with Gasteiger partial charge in [-0.05, 0) is 34.2 Å². The van der Waals surface area contributed by atoms with Crippen molar-refractivity contribution in [3.63, 3.8) is 0 Å². The van der Waals surface area contributed by atoms with Crippen LogP contribution in [-0.4, -0.2) is 13.7 Å². The SMILES string of the molecule is c1ccc(B2Nc3ccccc3-c3cc4c(cc32)-c2ccccc2NB4c2ccccc2)cc1. The van der Waals surface area contributed by atoms with E-state index in [4.69, 9.17) is 0 Å². The molecule has 2 N–H and O–H groups in total. The minimum absolute atomic E-state index is 0.105. The molecule has 0 spiro atoms. The van der Waals surface area contributed by atoms with Crippen molar-refractivity contribution in [2.75, 3.05) is 10.5 Å². The number of benzene rings is 5. The number of rotatable bonds is 2. The molecule has 158 valence electrons. The van der Waals surface area contributed by atoms with Gasteiger partial charge >= 0.3 is 13.7 Å². The molecule has 0 amide bonds. The number of nitrogens with one attached hydrogen (secondary N) is 2. The Morgan fingerprint density at radius 1 is 0.382 bits per heavy atom. The van der Waals surface area contributed by atoms with Crippen LogP contribution < -0.4 is 32.3 Å². The quantitative estimate of drug-likeness (QED) is 0.411. The van der Waals surface area contributed by atoms with Gasteiger partial charge in [-0.25, -0.2) is 0 Å². The van der Waals surface area contributed by atoms with Gasteiger partial charge in [0.25, 0.3) is 0 Å². The number of anilines is 2. The maximum absolute atomic E-state index is 3.83. The topological polar surface area (TPSA) is 24.1 Å². The largest absolute Gasteiger partial charge is 0.420 e. The van der Waals surface area contributed by atoms with E-state index in [1.165, 1.54) is 55.5 Å². The van der Waals surface area contributed by atoms with Crippen LogP contribution in [0.3, 0.4) is 0 Å². The Kier molecular flexibility index (Phi) is 4.38. The average Bonchev–Trinajstić information content (AvgIpc) is 2.92. The lowest BCUT2D eigenvalue weighted by Gasteiger charge is -2.33. The Labute approximate surface area is 200 Å². The van der Waals surface area contributed by atoms with Crippen molar-refractivity contribution in [3.05, 3.63) is 121 Å². The van der Waals surface area contributed by atoms with Gasteiger partial charge in [-0.15, -0.1) is 0 Å². The predicted octanol–water partition coefficient (Wildman–Crippen LogP) is 4.08. The predicted molar refractivity (Wildman–Crippen MR) is 147 cm³/mol. The highest BCUT2D eigenvalue weighted by Gasteiger charge is 2.35. The Morgan fingerprint density at radius 3 is 1.21 bits per heavy atom. The molecular formula is C30H22B2N2.